The molecule has 0 spiro atoms. The normalized spacial score (nSPS) is 10.4. The Labute approximate surface area is 139 Å². The van der Waals surface area contributed by atoms with Crippen LogP contribution in [0.4, 0.5) is 0 Å². The third kappa shape index (κ3) is 3.57. The van der Waals surface area contributed by atoms with E-state index in [0.717, 1.165) is 16.8 Å². The van der Waals surface area contributed by atoms with Gasteiger partial charge in [0.05, 0.1) is 24.6 Å². The number of amides is 1. The van der Waals surface area contributed by atoms with Crippen LogP contribution >= 0.6 is 0 Å². The smallest absolute Gasteiger partial charge is 0.253 e. The monoisotopic (exact) mass is 323 g/mol. The zero-order valence-electron chi connectivity index (χ0n) is 13.4. The van der Waals surface area contributed by atoms with E-state index in [4.69, 9.17) is 4.74 Å². The maximum Gasteiger partial charge on any atom is 0.253 e. The second-order valence-electron chi connectivity index (χ2n) is 5.23. The lowest BCUT2D eigenvalue weighted by molar-refractivity contribution is 0.0950. The molecule has 0 unspecified atom stereocenters. The molecule has 24 heavy (non-hydrogen) atoms. The summed E-state index contributed by atoms with van der Waals surface area (Å²) in [5, 5.41) is 6.97. The molecule has 3 aromatic rings. The summed E-state index contributed by atoms with van der Waals surface area (Å²) in [5.41, 5.74) is 3.20. The molecule has 0 aliphatic heterocycles. The van der Waals surface area contributed by atoms with Crippen molar-refractivity contribution in [2.75, 3.05) is 7.11 Å². The maximum atomic E-state index is 12.1. The quantitative estimate of drug-likeness (QED) is 0.774. The standard InChI is InChI=1S/C17H17N5O2/c1-22-11-14(10-21-22)15-5-3-12(7-18-15)8-20-17(23)13-4-6-16(24-2)19-9-13/h3-7,9-11H,8H2,1-2H3,(H,20,23). The van der Waals surface area contributed by atoms with E-state index in [2.05, 4.69) is 20.4 Å². The Balaban J connectivity index is 1.60. The van der Waals surface area contributed by atoms with Crippen LogP contribution in [-0.2, 0) is 13.6 Å². The molecule has 0 bridgehead atoms. The van der Waals surface area contributed by atoms with Crippen LogP contribution in [0.15, 0.2) is 49.1 Å². The first-order valence-electron chi connectivity index (χ1n) is 7.38. The van der Waals surface area contributed by atoms with Crippen LogP contribution in [0.3, 0.4) is 0 Å². The van der Waals surface area contributed by atoms with Crippen LogP contribution < -0.4 is 10.1 Å². The number of ether oxygens (including phenoxy) is 1. The van der Waals surface area contributed by atoms with Crippen LogP contribution in [0.25, 0.3) is 11.3 Å². The molecule has 7 heteroatoms. The van der Waals surface area contributed by atoms with Crippen molar-refractivity contribution in [1.29, 1.82) is 0 Å². The van der Waals surface area contributed by atoms with Crippen LogP contribution in [0.2, 0.25) is 0 Å². The van der Waals surface area contributed by atoms with Gasteiger partial charge >= 0.3 is 0 Å². The van der Waals surface area contributed by atoms with Crippen molar-refractivity contribution >= 4 is 5.91 Å². The summed E-state index contributed by atoms with van der Waals surface area (Å²) in [6.45, 7) is 0.394. The Kier molecular flexibility index (Phi) is 4.51. The van der Waals surface area contributed by atoms with Crippen LogP contribution in [0.1, 0.15) is 15.9 Å². The molecular weight excluding hydrogens is 306 g/mol. The van der Waals surface area contributed by atoms with Gasteiger partial charge in [0.1, 0.15) is 0 Å². The molecule has 1 N–H and O–H groups in total. The topological polar surface area (TPSA) is 81.9 Å². The fourth-order valence-electron chi connectivity index (χ4n) is 2.17. The highest BCUT2D eigenvalue weighted by Gasteiger charge is 2.07. The van der Waals surface area contributed by atoms with Crippen LogP contribution in [0, 0.1) is 0 Å². The lowest BCUT2D eigenvalue weighted by Gasteiger charge is -2.06. The van der Waals surface area contributed by atoms with Crippen molar-refractivity contribution in [1.82, 2.24) is 25.1 Å². The van der Waals surface area contributed by atoms with Gasteiger partial charge in [0, 0.05) is 43.8 Å². The van der Waals surface area contributed by atoms with Crippen molar-refractivity contribution in [3.05, 3.63) is 60.2 Å². The first-order chi connectivity index (χ1) is 11.7. The largest absolute Gasteiger partial charge is 0.481 e. The molecule has 0 aliphatic rings. The molecule has 0 fully saturated rings. The highest BCUT2D eigenvalue weighted by atomic mass is 16.5. The second-order valence-corrected chi connectivity index (χ2v) is 5.23. The van der Waals surface area contributed by atoms with E-state index in [1.54, 1.807) is 29.2 Å². The van der Waals surface area contributed by atoms with Gasteiger partial charge in [-0.1, -0.05) is 6.07 Å². The van der Waals surface area contributed by atoms with Gasteiger partial charge in [-0.3, -0.25) is 14.5 Å². The predicted molar refractivity (Wildman–Crippen MR) is 88.4 cm³/mol. The van der Waals surface area contributed by atoms with Crippen molar-refractivity contribution in [2.24, 2.45) is 7.05 Å². The third-order valence-electron chi connectivity index (χ3n) is 3.49. The summed E-state index contributed by atoms with van der Waals surface area (Å²) in [7, 11) is 3.39. The lowest BCUT2D eigenvalue weighted by Crippen LogP contribution is -2.22. The molecule has 3 heterocycles. The second kappa shape index (κ2) is 6.91. The Bertz CT molecular complexity index is 825. The lowest BCUT2D eigenvalue weighted by atomic mass is 10.2. The highest BCUT2D eigenvalue weighted by molar-refractivity contribution is 5.93. The van der Waals surface area contributed by atoms with Crippen LogP contribution in [0.5, 0.6) is 5.88 Å². The summed E-state index contributed by atoms with van der Waals surface area (Å²) >= 11 is 0. The van der Waals surface area contributed by atoms with Gasteiger partial charge in [-0.25, -0.2) is 4.98 Å². The summed E-state index contributed by atoms with van der Waals surface area (Å²) in [6, 6.07) is 7.17. The molecular formula is C17H17N5O2. The first-order valence-corrected chi connectivity index (χ1v) is 7.38. The van der Waals surface area contributed by atoms with E-state index in [1.807, 2.05) is 25.4 Å². The average Bonchev–Trinajstić information content (AvgIpc) is 3.06. The maximum absolute atomic E-state index is 12.1. The number of hydrogen-bond acceptors (Lipinski definition) is 5. The zero-order chi connectivity index (χ0) is 16.9. The molecule has 0 saturated heterocycles. The van der Waals surface area contributed by atoms with Crippen molar-refractivity contribution in [2.45, 2.75) is 6.54 Å². The Morgan fingerprint density at radius 3 is 2.62 bits per heavy atom. The highest BCUT2D eigenvalue weighted by Crippen LogP contribution is 2.15. The molecule has 3 rings (SSSR count). The molecule has 0 atom stereocenters. The van der Waals surface area contributed by atoms with E-state index in [1.165, 1.54) is 13.3 Å². The van der Waals surface area contributed by atoms with Gasteiger partial charge < -0.3 is 10.1 Å². The van der Waals surface area contributed by atoms with Gasteiger partial charge in [0.25, 0.3) is 5.91 Å². The van der Waals surface area contributed by atoms with Crippen LogP contribution in [-0.4, -0.2) is 32.8 Å². The minimum absolute atomic E-state index is 0.193. The molecule has 122 valence electrons. The fourth-order valence-corrected chi connectivity index (χ4v) is 2.17. The van der Waals surface area contributed by atoms with E-state index in [9.17, 15) is 4.79 Å². The predicted octanol–water partition coefficient (Wildman–Crippen LogP) is 1.82. The first kappa shape index (κ1) is 15.7. The Hall–Kier alpha value is -3.22. The molecule has 3 aromatic heterocycles. The number of hydrogen-bond donors (Lipinski definition) is 1. The van der Waals surface area contributed by atoms with E-state index in [-0.39, 0.29) is 5.91 Å². The van der Waals surface area contributed by atoms with Crippen molar-refractivity contribution < 1.29 is 9.53 Å². The van der Waals surface area contributed by atoms with Crippen molar-refractivity contribution in [3.8, 4) is 17.1 Å². The SMILES string of the molecule is COc1ccc(C(=O)NCc2ccc(-c3cnn(C)c3)nc2)cn1. The summed E-state index contributed by atoms with van der Waals surface area (Å²) in [5.74, 6) is 0.281. The Morgan fingerprint density at radius 1 is 1.17 bits per heavy atom. The van der Waals surface area contributed by atoms with E-state index < -0.39 is 0 Å². The molecule has 0 aliphatic carbocycles. The molecule has 7 nitrogen and oxygen atoms in total. The van der Waals surface area contributed by atoms with Gasteiger partial charge in [0.15, 0.2) is 0 Å². The number of carbonyl (C=O) groups excluding carboxylic acids is 1. The number of methoxy groups -OCH3 is 1. The van der Waals surface area contributed by atoms with E-state index >= 15 is 0 Å². The number of nitrogens with zero attached hydrogens (tertiary/aromatic N) is 4. The number of aromatic nitrogens is 4. The van der Waals surface area contributed by atoms with Gasteiger partial charge in [-0.05, 0) is 17.7 Å². The van der Waals surface area contributed by atoms with Gasteiger partial charge in [-0.2, -0.15) is 5.10 Å². The summed E-state index contributed by atoms with van der Waals surface area (Å²) in [6.07, 6.45) is 6.90. The summed E-state index contributed by atoms with van der Waals surface area (Å²) in [4.78, 5) is 20.5. The van der Waals surface area contributed by atoms with Gasteiger partial charge in [0.2, 0.25) is 5.88 Å². The number of nitrogens with one attached hydrogen (secondary N) is 1. The number of pyridine rings is 2. The minimum Gasteiger partial charge on any atom is -0.481 e. The number of carbonyl (C=O) groups is 1. The molecule has 1 amide bonds. The summed E-state index contributed by atoms with van der Waals surface area (Å²) < 4.78 is 6.70. The number of aryl methyl sites for hydroxylation is 1. The van der Waals surface area contributed by atoms with E-state index in [0.29, 0.717) is 18.0 Å². The Morgan fingerprint density at radius 2 is 2.04 bits per heavy atom. The molecule has 0 radical (unpaired) electrons. The van der Waals surface area contributed by atoms with Gasteiger partial charge in [-0.15, -0.1) is 0 Å². The molecule has 0 saturated carbocycles. The average molecular weight is 323 g/mol. The minimum atomic E-state index is -0.193. The third-order valence-corrected chi connectivity index (χ3v) is 3.49. The fraction of sp³-hybridized carbons (Fsp3) is 0.176. The number of rotatable bonds is 5. The van der Waals surface area contributed by atoms with Crippen molar-refractivity contribution in [3.63, 3.8) is 0 Å². The zero-order valence-corrected chi connectivity index (χ0v) is 13.4. The molecule has 0 aromatic carbocycles.